The first kappa shape index (κ1) is 12.4. The third-order valence-electron chi connectivity index (χ3n) is 3.96. The van der Waals surface area contributed by atoms with Crippen LogP contribution in [-0.4, -0.2) is 28.9 Å². The van der Waals surface area contributed by atoms with Crippen LogP contribution in [-0.2, 0) is 0 Å². The Labute approximate surface area is 106 Å². The van der Waals surface area contributed by atoms with Gasteiger partial charge in [0.15, 0.2) is 5.13 Å². The maximum atomic E-state index is 12.2. The van der Waals surface area contributed by atoms with Crippen LogP contribution in [0.2, 0.25) is 0 Å². The van der Waals surface area contributed by atoms with Crippen molar-refractivity contribution in [2.24, 2.45) is 5.41 Å². The van der Waals surface area contributed by atoms with E-state index in [1.54, 1.807) is 6.20 Å². The number of aromatic nitrogens is 1. The summed E-state index contributed by atoms with van der Waals surface area (Å²) < 4.78 is 0. The Morgan fingerprint density at radius 1 is 1.59 bits per heavy atom. The minimum absolute atomic E-state index is 0.0861. The minimum Gasteiger partial charge on any atom is -0.375 e. The zero-order valence-electron chi connectivity index (χ0n) is 10.4. The fourth-order valence-corrected chi connectivity index (χ4v) is 3.13. The lowest BCUT2D eigenvalue weighted by molar-refractivity contribution is 0.0774. The zero-order valence-corrected chi connectivity index (χ0v) is 11.2. The van der Waals surface area contributed by atoms with Gasteiger partial charge in [-0.15, -0.1) is 0 Å². The monoisotopic (exact) mass is 253 g/mol. The number of carbonyl (C=O) groups is 1. The van der Waals surface area contributed by atoms with E-state index in [0.29, 0.717) is 15.4 Å². The van der Waals surface area contributed by atoms with Crippen LogP contribution < -0.4 is 5.73 Å². The van der Waals surface area contributed by atoms with E-state index in [2.05, 4.69) is 18.8 Å². The summed E-state index contributed by atoms with van der Waals surface area (Å²) in [7, 11) is 0. The Morgan fingerprint density at radius 3 is 2.76 bits per heavy atom. The highest BCUT2D eigenvalue weighted by atomic mass is 32.1. The van der Waals surface area contributed by atoms with Gasteiger partial charge in [0.25, 0.3) is 5.91 Å². The molecule has 1 saturated heterocycles. The van der Waals surface area contributed by atoms with Gasteiger partial charge >= 0.3 is 0 Å². The van der Waals surface area contributed by atoms with E-state index in [9.17, 15) is 4.79 Å². The summed E-state index contributed by atoms with van der Waals surface area (Å²) in [6.07, 6.45) is 4.97. The molecule has 0 saturated carbocycles. The Balaban J connectivity index is 2.08. The second kappa shape index (κ2) is 4.64. The van der Waals surface area contributed by atoms with Crippen molar-refractivity contribution in [1.82, 2.24) is 9.88 Å². The van der Waals surface area contributed by atoms with Crippen LogP contribution >= 0.6 is 11.3 Å². The maximum absolute atomic E-state index is 12.2. The van der Waals surface area contributed by atoms with E-state index in [1.165, 1.54) is 11.3 Å². The van der Waals surface area contributed by atoms with Crippen LogP contribution in [0.5, 0.6) is 0 Å². The summed E-state index contributed by atoms with van der Waals surface area (Å²) in [6.45, 7) is 6.15. The average molecular weight is 253 g/mol. The lowest BCUT2D eigenvalue weighted by Gasteiger charge is -2.26. The summed E-state index contributed by atoms with van der Waals surface area (Å²) in [5.74, 6) is 0.0861. The first-order valence-electron chi connectivity index (χ1n) is 6.11. The van der Waals surface area contributed by atoms with Crippen molar-refractivity contribution in [3.63, 3.8) is 0 Å². The summed E-state index contributed by atoms with van der Waals surface area (Å²) in [4.78, 5) is 18.8. The lowest BCUT2D eigenvalue weighted by atomic mass is 9.82. The number of amides is 1. The van der Waals surface area contributed by atoms with Crippen molar-refractivity contribution in [2.45, 2.75) is 33.1 Å². The molecule has 94 valence electrons. The van der Waals surface area contributed by atoms with E-state index < -0.39 is 0 Å². The molecule has 0 unspecified atom stereocenters. The number of nitrogens with zero attached hydrogens (tertiary/aromatic N) is 2. The Hall–Kier alpha value is -1.10. The van der Waals surface area contributed by atoms with Gasteiger partial charge in [-0.1, -0.05) is 25.2 Å². The van der Waals surface area contributed by atoms with Crippen LogP contribution in [0.25, 0.3) is 0 Å². The fraction of sp³-hybridized carbons (Fsp3) is 0.667. The molecule has 2 heterocycles. The predicted octanol–water partition coefficient (Wildman–Crippen LogP) is 2.38. The standard InChI is InChI=1S/C12H19N3OS/c1-3-12(4-2)5-6-15(8-12)10(16)9-7-14-11(13)17-9/h7H,3-6,8H2,1-2H3,(H2,13,14). The molecule has 2 N–H and O–H groups in total. The molecule has 5 heteroatoms. The molecule has 4 nitrogen and oxygen atoms in total. The van der Waals surface area contributed by atoms with Crippen molar-refractivity contribution >= 4 is 22.4 Å². The lowest BCUT2D eigenvalue weighted by Crippen LogP contribution is -2.31. The van der Waals surface area contributed by atoms with Gasteiger partial charge in [-0.2, -0.15) is 0 Å². The van der Waals surface area contributed by atoms with E-state index in [-0.39, 0.29) is 5.91 Å². The van der Waals surface area contributed by atoms with Crippen molar-refractivity contribution in [2.75, 3.05) is 18.8 Å². The molecular formula is C12H19N3OS. The molecule has 2 rings (SSSR count). The molecule has 0 bridgehead atoms. The average Bonchev–Trinajstić information content (AvgIpc) is 2.95. The number of anilines is 1. The molecule has 0 spiro atoms. The van der Waals surface area contributed by atoms with E-state index in [1.807, 2.05) is 4.90 Å². The summed E-state index contributed by atoms with van der Waals surface area (Å²) in [6, 6.07) is 0. The van der Waals surface area contributed by atoms with Gasteiger partial charge in [-0.3, -0.25) is 4.79 Å². The largest absolute Gasteiger partial charge is 0.375 e. The third-order valence-corrected chi connectivity index (χ3v) is 4.77. The number of likely N-dealkylation sites (tertiary alicyclic amines) is 1. The smallest absolute Gasteiger partial charge is 0.265 e. The van der Waals surface area contributed by atoms with Crippen LogP contribution in [0, 0.1) is 5.41 Å². The van der Waals surface area contributed by atoms with Gasteiger partial charge in [0, 0.05) is 13.1 Å². The van der Waals surface area contributed by atoms with Gasteiger partial charge in [0.05, 0.1) is 6.20 Å². The summed E-state index contributed by atoms with van der Waals surface area (Å²) in [5.41, 5.74) is 5.88. The number of hydrogen-bond donors (Lipinski definition) is 1. The molecule has 1 aliphatic heterocycles. The fourth-order valence-electron chi connectivity index (χ4n) is 2.48. The maximum Gasteiger partial charge on any atom is 0.265 e. The predicted molar refractivity (Wildman–Crippen MR) is 70.1 cm³/mol. The van der Waals surface area contributed by atoms with Gasteiger partial charge < -0.3 is 10.6 Å². The number of thiazole rings is 1. The zero-order chi connectivity index (χ0) is 12.5. The first-order chi connectivity index (χ1) is 8.10. The SMILES string of the molecule is CCC1(CC)CCN(C(=O)c2cnc(N)s2)C1. The molecule has 1 aliphatic rings. The second-order valence-electron chi connectivity index (χ2n) is 4.75. The van der Waals surface area contributed by atoms with E-state index in [4.69, 9.17) is 5.73 Å². The number of nitrogens with two attached hydrogens (primary N) is 1. The minimum atomic E-state index is 0.0861. The molecule has 17 heavy (non-hydrogen) atoms. The molecule has 0 radical (unpaired) electrons. The molecule has 0 aliphatic carbocycles. The number of rotatable bonds is 3. The summed E-state index contributed by atoms with van der Waals surface area (Å²) >= 11 is 1.27. The molecule has 1 amide bonds. The topological polar surface area (TPSA) is 59.2 Å². The number of nitrogen functional groups attached to an aromatic ring is 1. The van der Waals surface area contributed by atoms with Crippen molar-refractivity contribution in [3.05, 3.63) is 11.1 Å². The Kier molecular flexibility index (Phi) is 3.38. The molecule has 1 aromatic rings. The molecule has 0 aromatic carbocycles. The highest BCUT2D eigenvalue weighted by Gasteiger charge is 2.37. The van der Waals surface area contributed by atoms with Gasteiger partial charge in [-0.25, -0.2) is 4.98 Å². The van der Waals surface area contributed by atoms with Crippen molar-refractivity contribution in [1.29, 1.82) is 0 Å². The van der Waals surface area contributed by atoms with Gasteiger partial charge in [0.1, 0.15) is 4.88 Å². The second-order valence-corrected chi connectivity index (χ2v) is 5.81. The normalized spacial score (nSPS) is 18.6. The van der Waals surface area contributed by atoms with Crippen LogP contribution in [0.3, 0.4) is 0 Å². The first-order valence-corrected chi connectivity index (χ1v) is 6.92. The van der Waals surface area contributed by atoms with Crippen molar-refractivity contribution in [3.8, 4) is 0 Å². The Morgan fingerprint density at radius 2 is 2.29 bits per heavy atom. The van der Waals surface area contributed by atoms with Gasteiger partial charge in [0.2, 0.25) is 0 Å². The van der Waals surface area contributed by atoms with E-state index in [0.717, 1.165) is 32.4 Å². The quantitative estimate of drug-likeness (QED) is 0.899. The van der Waals surface area contributed by atoms with Gasteiger partial charge in [-0.05, 0) is 24.7 Å². The third kappa shape index (κ3) is 2.29. The molecule has 1 fully saturated rings. The van der Waals surface area contributed by atoms with Crippen molar-refractivity contribution < 1.29 is 4.79 Å². The number of carbonyl (C=O) groups excluding carboxylic acids is 1. The summed E-state index contributed by atoms with van der Waals surface area (Å²) in [5, 5.41) is 0.463. The molecule has 0 atom stereocenters. The van der Waals surface area contributed by atoms with E-state index >= 15 is 0 Å². The van der Waals surface area contributed by atoms with Crippen LogP contribution in [0.1, 0.15) is 42.8 Å². The van der Waals surface area contributed by atoms with Crippen LogP contribution in [0.15, 0.2) is 6.20 Å². The van der Waals surface area contributed by atoms with Crippen LogP contribution in [0.4, 0.5) is 5.13 Å². The highest BCUT2D eigenvalue weighted by Crippen LogP contribution is 2.37. The molecule has 1 aromatic heterocycles. The molecular weight excluding hydrogens is 234 g/mol. The Bertz CT molecular complexity index is 412. The highest BCUT2D eigenvalue weighted by molar-refractivity contribution is 7.17. The number of hydrogen-bond acceptors (Lipinski definition) is 4.